The van der Waals surface area contributed by atoms with E-state index in [0.29, 0.717) is 17.3 Å². The number of ether oxygens (including phenoxy) is 1. The molecule has 19 heavy (non-hydrogen) atoms. The van der Waals surface area contributed by atoms with Gasteiger partial charge in [0.25, 0.3) is 0 Å². The van der Waals surface area contributed by atoms with Crippen molar-refractivity contribution in [2.45, 2.75) is 6.61 Å². The quantitative estimate of drug-likeness (QED) is 0.868. The minimum Gasteiger partial charge on any atom is -0.489 e. The van der Waals surface area contributed by atoms with Crippen LogP contribution in [0.2, 0.25) is 5.02 Å². The highest BCUT2D eigenvalue weighted by atomic mass is 35.5. The normalized spacial score (nSPS) is 10.3. The van der Waals surface area contributed by atoms with Crippen molar-refractivity contribution in [3.8, 4) is 5.75 Å². The molecular formula is C15H17ClN2O. The Bertz CT molecular complexity index is 570. The topological polar surface area (TPSA) is 38.5 Å². The number of hydrogen-bond acceptors (Lipinski definition) is 3. The molecule has 0 bridgehead atoms. The van der Waals surface area contributed by atoms with Crippen molar-refractivity contribution in [1.29, 1.82) is 0 Å². The summed E-state index contributed by atoms with van der Waals surface area (Å²) in [6.45, 7) is 0.427. The van der Waals surface area contributed by atoms with Gasteiger partial charge in [-0.3, -0.25) is 0 Å². The zero-order valence-electron chi connectivity index (χ0n) is 11.1. The highest BCUT2D eigenvalue weighted by Crippen LogP contribution is 2.23. The molecular weight excluding hydrogens is 260 g/mol. The number of nitrogens with two attached hydrogens (primary N) is 1. The van der Waals surface area contributed by atoms with Gasteiger partial charge >= 0.3 is 0 Å². The Morgan fingerprint density at radius 2 is 1.95 bits per heavy atom. The van der Waals surface area contributed by atoms with E-state index in [0.717, 1.165) is 17.0 Å². The van der Waals surface area contributed by atoms with Gasteiger partial charge in [-0.15, -0.1) is 0 Å². The summed E-state index contributed by atoms with van der Waals surface area (Å²) in [4.78, 5) is 2.03. The second-order valence-electron chi connectivity index (χ2n) is 4.53. The third kappa shape index (κ3) is 3.55. The lowest BCUT2D eigenvalue weighted by Crippen LogP contribution is -2.08. The number of anilines is 2. The molecule has 0 spiro atoms. The van der Waals surface area contributed by atoms with Gasteiger partial charge in [0.1, 0.15) is 12.4 Å². The maximum atomic E-state index is 6.11. The molecule has 2 aromatic rings. The molecule has 100 valence electrons. The number of hydrogen-bond donors (Lipinski definition) is 1. The van der Waals surface area contributed by atoms with E-state index in [1.807, 2.05) is 55.4 Å². The van der Waals surface area contributed by atoms with Gasteiger partial charge in [-0.05, 0) is 24.3 Å². The second kappa shape index (κ2) is 5.85. The Hall–Kier alpha value is -1.87. The lowest BCUT2D eigenvalue weighted by atomic mass is 10.2. The molecule has 0 amide bonds. The fraction of sp³-hybridized carbons (Fsp3) is 0.200. The molecule has 0 aromatic heterocycles. The van der Waals surface area contributed by atoms with Crippen LogP contribution in [0.25, 0.3) is 0 Å². The molecule has 0 fully saturated rings. The van der Waals surface area contributed by atoms with E-state index in [9.17, 15) is 0 Å². The van der Waals surface area contributed by atoms with E-state index < -0.39 is 0 Å². The van der Waals surface area contributed by atoms with E-state index in [2.05, 4.69) is 0 Å². The van der Waals surface area contributed by atoms with Crippen molar-refractivity contribution >= 4 is 23.0 Å². The molecule has 0 aliphatic rings. The van der Waals surface area contributed by atoms with E-state index >= 15 is 0 Å². The fourth-order valence-corrected chi connectivity index (χ4v) is 1.94. The molecule has 3 nitrogen and oxygen atoms in total. The van der Waals surface area contributed by atoms with Crippen molar-refractivity contribution in [2.75, 3.05) is 24.7 Å². The molecule has 0 aliphatic heterocycles. The molecule has 0 atom stereocenters. The molecule has 0 unspecified atom stereocenters. The van der Waals surface area contributed by atoms with Crippen LogP contribution in [-0.2, 0) is 6.61 Å². The Balaban J connectivity index is 2.08. The molecule has 4 heteroatoms. The van der Waals surface area contributed by atoms with Crippen molar-refractivity contribution in [1.82, 2.24) is 0 Å². The van der Waals surface area contributed by atoms with Gasteiger partial charge in [0.15, 0.2) is 0 Å². The van der Waals surface area contributed by atoms with Crippen LogP contribution in [0.5, 0.6) is 5.75 Å². The van der Waals surface area contributed by atoms with Crippen LogP contribution in [0, 0.1) is 0 Å². The molecule has 2 N–H and O–H groups in total. The minimum absolute atomic E-state index is 0.427. The molecule has 2 rings (SSSR count). The largest absolute Gasteiger partial charge is 0.489 e. The molecule has 0 saturated heterocycles. The van der Waals surface area contributed by atoms with Crippen LogP contribution in [0.15, 0.2) is 42.5 Å². The number of nitrogen functional groups attached to an aromatic ring is 1. The number of rotatable bonds is 4. The zero-order valence-corrected chi connectivity index (χ0v) is 11.8. The summed E-state index contributed by atoms with van der Waals surface area (Å²) in [6.07, 6.45) is 0. The van der Waals surface area contributed by atoms with Gasteiger partial charge in [-0.25, -0.2) is 0 Å². The monoisotopic (exact) mass is 276 g/mol. The Kier molecular flexibility index (Phi) is 4.17. The van der Waals surface area contributed by atoms with Crippen LogP contribution < -0.4 is 15.4 Å². The highest BCUT2D eigenvalue weighted by Gasteiger charge is 2.03. The Morgan fingerprint density at radius 3 is 2.63 bits per heavy atom. The third-order valence-electron chi connectivity index (χ3n) is 2.81. The summed E-state index contributed by atoms with van der Waals surface area (Å²) in [7, 11) is 3.99. The lowest BCUT2D eigenvalue weighted by Gasteiger charge is -2.14. The van der Waals surface area contributed by atoms with E-state index in [-0.39, 0.29) is 0 Å². The number of halogens is 1. The average molecular weight is 277 g/mol. The van der Waals surface area contributed by atoms with Crippen LogP contribution in [0.3, 0.4) is 0 Å². The summed E-state index contributed by atoms with van der Waals surface area (Å²) < 4.78 is 5.75. The maximum Gasteiger partial charge on any atom is 0.121 e. The number of benzene rings is 2. The SMILES string of the molecule is CN(C)c1cccc(OCc2ccc(N)cc2Cl)c1. The first-order chi connectivity index (χ1) is 9.06. The van der Waals surface area contributed by atoms with Crippen LogP contribution in [0.1, 0.15) is 5.56 Å². The predicted octanol–water partition coefficient (Wildman–Crippen LogP) is 3.57. The molecule has 0 radical (unpaired) electrons. The van der Waals surface area contributed by atoms with Gasteiger partial charge in [-0.1, -0.05) is 23.7 Å². The smallest absolute Gasteiger partial charge is 0.121 e. The molecule has 0 aliphatic carbocycles. The van der Waals surface area contributed by atoms with Crippen LogP contribution in [-0.4, -0.2) is 14.1 Å². The van der Waals surface area contributed by atoms with Gasteiger partial charge in [0.05, 0.1) is 0 Å². The van der Waals surface area contributed by atoms with Gasteiger partial charge in [-0.2, -0.15) is 0 Å². The van der Waals surface area contributed by atoms with Gasteiger partial charge in [0, 0.05) is 42.1 Å². The lowest BCUT2D eigenvalue weighted by molar-refractivity contribution is 0.306. The average Bonchev–Trinajstić information content (AvgIpc) is 2.38. The van der Waals surface area contributed by atoms with Crippen molar-refractivity contribution in [3.63, 3.8) is 0 Å². The van der Waals surface area contributed by atoms with Crippen molar-refractivity contribution < 1.29 is 4.74 Å². The van der Waals surface area contributed by atoms with Gasteiger partial charge in [0.2, 0.25) is 0 Å². The summed E-state index contributed by atoms with van der Waals surface area (Å²) >= 11 is 6.11. The maximum absolute atomic E-state index is 6.11. The highest BCUT2D eigenvalue weighted by molar-refractivity contribution is 6.31. The predicted molar refractivity (Wildman–Crippen MR) is 81.0 cm³/mol. The van der Waals surface area contributed by atoms with E-state index in [1.165, 1.54) is 0 Å². The summed E-state index contributed by atoms with van der Waals surface area (Å²) in [5, 5.41) is 0.628. The third-order valence-corrected chi connectivity index (χ3v) is 3.16. The summed E-state index contributed by atoms with van der Waals surface area (Å²) in [6, 6.07) is 13.4. The molecule has 0 saturated carbocycles. The first-order valence-corrected chi connectivity index (χ1v) is 6.38. The van der Waals surface area contributed by atoms with E-state index in [1.54, 1.807) is 6.07 Å². The minimum atomic E-state index is 0.427. The fourth-order valence-electron chi connectivity index (χ4n) is 1.69. The number of nitrogens with zero attached hydrogens (tertiary/aromatic N) is 1. The molecule has 2 aromatic carbocycles. The van der Waals surface area contributed by atoms with E-state index in [4.69, 9.17) is 22.1 Å². The van der Waals surface area contributed by atoms with Crippen LogP contribution >= 0.6 is 11.6 Å². The van der Waals surface area contributed by atoms with Gasteiger partial charge < -0.3 is 15.4 Å². The van der Waals surface area contributed by atoms with Crippen molar-refractivity contribution in [3.05, 3.63) is 53.1 Å². The second-order valence-corrected chi connectivity index (χ2v) is 4.94. The molecule has 0 heterocycles. The Morgan fingerprint density at radius 1 is 1.16 bits per heavy atom. The van der Waals surface area contributed by atoms with Crippen molar-refractivity contribution in [2.24, 2.45) is 0 Å². The first-order valence-electron chi connectivity index (χ1n) is 6.00. The zero-order chi connectivity index (χ0) is 13.8. The first kappa shape index (κ1) is 13.6. The van der Waals surface area contributed by atoms with Crippen LogP contribution in [0.4, 0.5) is 11.4 Å². The summed E-state index contributed by atoms with van der Waals surface area (Å²) in [5.41, 5.74) is 8.33. The standard InChI is InChI=1S/C15H17ClN2O/c1-18(2)13-4-3-5-14(9-13)19-10-11-6-7-12(17)8-15(11)16/h3-9H,10,17H2,1-2H3. The Labute approximate surface area is 118 Å². The summed E-state index contributed by atoms with van der Waals surface area (Å²) in [5.74, 6) is 0.819.